The summed E-state index contributed by atoms with van der Waals surface area (Å²) in [6.07, 6.45) is 0. The molecule has 0 aliphatic rings. The minimum absolute atomic E-state index is 0.0115. The van der Waals surface area contributed by atoms with E-state index in [9.17, 15) is 4.79 Å². The van der Waals surface area contributed by atoms with Crippen LogP contribution in [0.15, 0.2) is 103 Å². The van der Waals surface area contributed by atoms with Crippen molar-refractivity contribution in [2.75, 3.05) is 7.11 Å². The summed E-state index contributed by atoms with van der Waals surface area (Å²) >= 11 is 0. The van der Waals surface area contributed by atoms with Crippen molar-refractivity contribution in [1.82, 2.24) is 0 Å². The van der Waals surface area contributed by atoms with Crippen LogP contribution in [0.2, 0.25) is 0 Å². The average Bonchev–Trinajstić information content (AvgIpc) is 2.82. The highest BCUT2D eigenvalue weighted by Crippen LogP contribution is 2.39. The van der Waals surface area contributed by atoms with E-state index in [-0.39, 0.29) is 5.78 Å². The van der Waals surface area contributed by atoms with E-state index in [2.05, 4.69) is 12.1 Å². The largest absolute Gasteiger partial charge is 0.496 e. The summed E-state index contributed by atoms with van der Waals surface area (Å²) in [5.41, 5.74) is 3.20. The molecule has 0 unspecified atom stereocenters. The van der Waals surface area contributed by atoms with Crippen molar-refractivity contribution in [3.63, 3.8) is 0 Å². The Kier molecular flexibility index (Phi) is 4.53. The highest BCUT2D eigenvalue weighted by Gasteiger charge is 2.20. The Morgan fingerprint density at radius 3 is 2.00 bits per heavy atom. The molecule has 5 aromatic rings. The second-order valence-electron chi connectivity index (χ2n) is 7.27. The van der Waals surface area contributed by atoms with E-state index in [1.165, 1.54) is 0 Å². The fourth-order valence-electron chi connectivity index (χ4n) is 4.17. The molecule has 0 saturated heterocycles. The lowest BCUT2D eigenvalue weighted by Gasteiger charge is -2.16. The van der Waals surface area contributed by atoms with E-state index in [0.717, 1.165) is 38.4 Å². The van der Waals surface area contributed by atoms with Crippen molar-refractivity contribution in [3.05, 3.63) is 114 Å². The first kappa shape index (κ1) is 18.1. The third kappa shape index (κ3) is 2.94. The van der Waals surface area contributed by atoms with Gasteiger partial charge in [-0.15, -0.1) is 0 Å². The molecule has 5 rings (SSSR count). The van der Waals surface area contributed by atoms with Crippen molar-refractivity contribution in [2.45, 2.75) is 0 Å². The molecule has 0 bridgehead atoms. The molecule has 0 amide bonds. The Morgan fingerprint density at radius 1 is 0.600 bits per heavy atom. The zero-order valence-electron chi connectivity index (χ0n) is 16.6. The lowest BCUT2D eigenvalue weighted by molar-refractivity contribution is 0.104. The number of hydrogen-bond donors (Lipinski definition) is 0. The van der Waals surface area contributed by atoms with Gasteiger partial charge >= 0.3 is 0 Å². The molecule has 0 fully saturated rings. The van der Waals surface area contributed by atoms with Gasteiger partial charge in [-0.25, -0.2) is 0 Å². The smallest absolute Gasteiger partial charge is 0.194 e. The van der Waals surface area contributed by atoms with Crippen LogP contribution in [0.3, 0.4) is 0 Å². The number of methoxy groups -OCH3 is 1. The monoisotopic (exact) mass is 388 g/mol. The van der Waals surface area contributed by atoms with E-state index < -0.39 is 0 Å². The second kappa shape index (κ2) is 7.49. The molecule has 0 aromatic heterocycles. The topological polar surface area (TPSA) is 26.3 Å². The first-order valence-electron chi connectivity index (χ1n) is 9.95. The number of rotatable bonds is 4. The van der Waals surface area contributed by atoms with Gasteiger partial charge in [-0.1, -0.05) is 97.1 Å². The van der Waals surface area contributed by atoms with Crippen LogP contribution in [0.1, 0.15) is 15.9 Å². The van der Waals surface area contributed by atoms with Crippen LogP contribution in [-0.2, 0) is 0 Å². The van der Waals surface area contributed by atoms with Gasteiger partial charge in [-0.2, -0.15) is 0 Å². The Balaban J connectivity index is 1.77. The van der Waals surface area contributed by atoms with Gasteiger partial charge in [0.05, 0.1) is 7.11 Å². The SMILES string of the molecule is COc1ccc2ccccc2c1-c1ccccc1C(=O)c1cccc2ccccc12. The number of hydrogen-bond acceptors (Lipinski definition) is 2. The van der Waals surface area contributed by atoms with Gasteiger partial charge in [0.2, 0.25) is 0 Å². The molecule has 0 aliphatic carbocycles. The van der Waals surface area contributed by atoms with Gasteiger partial charge < -0.3 is 4.74 Å². The van der Waals surface area contributed by atoms with Crippen LogP contribution in [-0.4, -0.2) is 12.9 Å². The first-order valence-corrected chi connectivity index (χ1v) is 9.95. The predicted molar refractivity (Wildman–Crippen MR) is 123 cm³/mol. The van der Waals surface area contributed by atoms with Crippen LogP contribution < -0.4 is 4.74 Å². The standard InChI is InChI=1S/C28H20O2/c1-30-26-18-17-20-10-3-5-13-22(20)27(26)23-14-6-7-15-25(23)28(29)24-16-8-11-19-9-2-4-12-21(19)24/h2-18H,1H3. The maximum Gasteiger partial charge on any atom is 0.194 e. The maximum absolute atomic E-state index is 13.7. The molecule has 30 heavy (non-hydrogen) atoms. The molecular formula is C28H20O2. The third-order valence-electron chi connectivity index (χ3n) is 5.59. The summed E-state index contributed by atoms with van der Waals surface area (Å²) in [6, 6.07) is 33.9. The lowest BCUT2D eigenvalue weighted by atomic mass is 9.89. The summed E-state index contributed by atoms with van der Waals surface area (Å²) in [5, 5.41) is 4.20. The molecule has 0 aliphatic heterocycles. The zero-order chi connectivity index (χ0) is 20.5. The lowest BCUT2D eigenvalue weighted by Crippen LogP contribution is -2.05. The van der Waals surface area contributed by atoms with Crippen LogP contribution >= 0.6 is 0 Å². The molecule has 2 nitrogen and oxygen atoms in total. The highest BCUT2D eigenvalue weighted by molar-refractivity contribution is 6.20. The van der Waals surface area contributed by atoms with Crippen molar-refractivity contribution in [2.24, 2.45) is 0 Å². The summed E-state index contributed by atoms with van der Waals surface area (Å²) < 4.78 is 5.71. The molecule has 144 valence electrons. The minimum Gasteiger partial charge on any atom is -0.496 e. The Morgan fingerprint density at radius 2 is 1.20 bits per heavy atom. The number of carbonyl (C=O) groups excluding carboxylic acids is 1. The van der Waals surface area contributed by atoms with Crippen molar-refractivity contribution in [1.29, 1.82) is 0 Å². The molecule has 0 heterocycles. The number of benzene rings is 5. The molecule has 0 atom stereocenters. The average molecular weight is 388 g/mol. The van der Waals surface area contributed by atoms with Gasteiger partial charge in [0.15, 0.2) is 5.78 Å². The van der Waals surface area contributed by atoms with Crippen LogP contribution in [0.5, 0.6) is 5.75 Å². The van der Waals surface area contributed by atoms with Crippen LogP contribution in [0.25, 0.3) is 32.7 Å². The molecule has 0 N–H and O–H groups in total. The maximum atomic E-state index is 13.7. The molecule has 0 radical (unpaired) electrons. The van der Waals surface area contributed by atoms with Crippen molar-refractivity contribution in [3.8, 4) is 16.9 Å². The van der Waals surface area contributed by atoms with E-state index in [0.29, 0.717) is 11.1 Å². The van der Waals surface area contributed by atoms with E-state index >= 15 is 0 Å². The summed E-state index contributed by atoms with van der Waals surface area (Å²) in [6.45, 7) is 0. The van der Waals surface area contributed by atoms with Gasteiger partial charge in [0.25, 0.3) is 0 Å². The summed E-state index contributed by atoms with van der Waals surface area (Å²) in [4.78, 5) is 13.7. The number of carbonyl (C=O) groups is 1. The van der Waals surface area contributed by atoms with E-state index in [1.54, 1.807) is 7.11 Å². The van der Waals surface area contributed by atoms with Crippen LogP contribution in [0, 0.1) is 0 Å². The first-order chi connectivity index (χ1) is 14.8. The van der Waals surface area contributed by atoms with Gasteiger partial charge in [-0.3, -0.25) is 4.79 Å². The molecule has 0 spiro atoms. The van der Waals surface area contributed by atoms with Gasteiger partial charge in [-0.05, 0) is 33.2 Å². The Labute approximate surface area is 175 Å². The highest BCUT2D eigenvalue weighted by atomic mass is 16.5. The van der Waals surface area contributed by atoms with Crippen LogP contribution in [0.4, 0.5) is 0 Å². The molecule has 0 saturated carbocycles. The summed E-state index contributed by atoms with van der Waals surface area (Å²) in [7, 11) is 1.67. The fourth-order valence-corrected chi connectivity index (χ4v) is 4.17. The predicted octanol–water partition coefficient (Wildman–Crippen LogP) is 6.90. The quantitative estimate of drug-likeness (QED) is 0.313. The third-order valence-corrected chi connectivity index (χ3v) is 5.59. The normalized spacial score (nSPS) is 11.0. The van der Waals surface area contributed by atoms with Gasteiger partial charge in [0, 0.05) is 16.7 Å². The molecular weight excluding hydrogens is 368 g/mol. The molecule has 5 aromatic carbocycles. The van der Waals surface area contributed by atoms with Crippen molar-refractivity contribution >= 4 is 27.3 Å². The summed E-state index contributed by atoms with van der Waals surface area (Å²) in [5.74, 6) is 0.768. The second-order valence-corrected chi connectivity index (χ2v) is 7.27. The molecule has 2 heteroatoms. The van der Waals surface area contributed by atoms with E-state index in [4.69, 9.17) is 4.74 Å². The Bertz CT molecular complexity index is 1390. The zero-order valence-corrected chi connectivity index (χ0v) is 16.6. The Hall–Kier alpha value is -3.91. The van der Waals surface area contributed by atoms with E-state index in [1.807, 2.05) is 91.0 Å². The van der Waals surface area contributed by atoms with Crippen molar-refractivity contribution < 1.29 is 9.53 Å². The minimum atomic E-state index is 0.0115. The van der Waals surface area contributed by atoms with Gasteiger partial charge in [0.1, 0.15) is 5.75 Å². The number of ether oxygens (including phenoxy) is 1. The number of ketones is 1. The fraction of sp³-hybridized carbons (Fsp3) is 0.0357. The number of fused-ring (bicyclic) bond motifs is 2.